The second-order valence-corrected chi connectivity index (χ2v) is 9.42. The van der Waals surface area contributed by atoms with Gasteiger partial charge in [-0.3, -0.25) is 4.79 Å². The molecule has 0 aliphatic heterocycles. The molecule has 0 aliphatic carbocycles. The highest BCUT2D eigenvalue weighted by atomic mass is 32.2. The minimum absolute atomic E-state index is 0.0308. The monoisotopic (exact) mass is 311 g/mol. The fourth-order valence-corrected chi connectivity index (χ4v) is 3.40. The first kappa shape index (κ1) is 17.4. The lowest BCUT2D eigenvalue weighted by molar-refractivity contribution is 0.0953. The van der Waals surface area contributed by atoms with Crippen molar-refractivity contribution in [2.75, 3.05) is 12.3 Å². The van der Waals surface area contributed by atoms with Crippen LogP contribution in [0.5, 0.6) is 0 Å². The first-order valence-electron chi connectivity index (χ1n) is 6.97. The summed E-state index contributed by atoms with van der Waals surface area (Å²) in [6.07, 6.45) is 0. The molecule has 1 aromatic rings. The Morgan fingerprint density at radius 3 is 2.50 bits per heavy atom. The van der Waals surface area contributed by atoms with Crippen LogP contribution in [0.25, 0.3) is 0 Å². The van der Waals surface area contributed by atoms with Gasteiger partial charge in [0.25, 0.3) is 5.91 Å². The third-order valence-corrected chi connectivity index (χ3v) is 4.77. The molecule has 0 radical (unpaired) electrons. The summed E-state index contributed by atoms with van der Waals surface area (Å²) >= 11 is 3.60. The second-order valence-electron chi connectivity index (χ2n) is 5.88. The minimum Gasteiger partial charge on any atom is -0.351 e. The van der Waals surface area contributed by atoms with E-state index in [2.05, 4.69) is 39.9 Å². The van der Waals surface area contributed by atoms with Crippen LogP contribution in [0.1, 0.15) is 45.0 Å². The van der Waals surface area contributed by atoms with E-state index in [0.29, 0.717) is 11.8 Å². The third-order valence-electron chi connectivity index (χ3n) is 2.42. The van der Waals surface area contributed by atoms with Crippen LogP contribution in [-0.2, 0) is 0 Å². The Bertz CT molecular complexity index is 438. The molecule has 2 nitrogen and oxygen atoms in total. The van der Waals surface area contributed by atoms with E-state index < -0.39 is 0 Å². The maximum absolute atomic E-state index is 12.2. The Balaban J connectivity index is 2.55. The maximum atomic E-state index is 12.2. The molecule has 1 amide bonds. The standard InChI is InChI=1S/C16H25NOS2/c1-12(2)20-14-9-7-6-8-13(14)15(18)17-10-11-19-16(3,4)5/h6-9,12H,10-11H2,1-5H3,(H,17,18). The molecule has 4 heteroatoms. The molecule has 0 aromatic heterocycles. The summed E-state index contributed by atoms with van der Waals surface area (Å²) in [5.74, 6) is 0.970. The number of nitrogens with one attached hydrogen (secondary N) is 1. The SMILES string of the molecule is CC(C)Sc1ccccc1C(=O)NCCSC(C)(C)C. The Labute approximate surface area is 131 Å². The van der Waals surface area contributed by atoms with Crippen LogP contribution < -0.4 is 5.32 Å². The Morgan fingerprint density at radius 1 is 1.25 bits per heavy atom. The maximum Gasteiger partial charge on any atom is 0.252 e. The average molecular weight is 312 g/mol. The molecule has 0 fully saturated rings. The summed E-state index contributed by atoms with van der Waals surface area (Å²) in [5.41, 5.74) is 0.784. The van der Waals surface area contributed by atoms with Crippen LogP contribution in [0.15, 0.2) is 29.2 Å². The van der Waals surface area contributed by atoms with E-state index in [9.17, 15) is 4.79 Å². The summed E-state index contributed by atoms with van der Waals surface area (Å²) in [6, 6.07) is 7.82. The Hall–Kier alpha value is -0.610. The van der Waals surface area contributed by atoms with Gasteiger partial charge in [0.05, 0.1) is 5.56 Å². The molecule has 20 heavy (non-hydrogen) atoms. The van der Waals surface area contributed by atoms with Gasteiger partial charge in [-0.25, -0.2) is 0 Å². The number of amides is 1. The molecular weight excluding hydrogens is 286 g/mol. The van der Waals surface area contributed by atoms with Crippen molar-refractivity contribution in [1.29, 1.82) is 0 Å². The normalized spacial score (nSPS) is 11.7. The predicted octanol–water partition coefficient (Wildman–Crippen LogP) is 4.45. The van der Waals surface area contributed by atoms with Crippen LogP contribution in [0.3, 0.4) is 0 Å². The van der Waals surface area contributed by atoms with E-state index in [0.717, 1.165) is 16.2 Å². The van der Waals surface area contributed by atoms with Crippen molar-refractivity contribution in [3.8, 4) is 0 Å². The van der Waals surface area contributed by atoms with Crippen molar-refractivity contribution in [3.05, 3.63) is 29.8 Å². The van der Waals surface area contributed by atoms with Crippen LogP contribution in [0.2, 0.25) is 0 Å². The summed E-state index contributed by atoms with van der Waals surface area (Å²) in [6.45, 7) is 11.6. The van der Waals surface area contributed by atoms with Crippen LogP contribution in [-0.4, -0.2) is 28.2 Å². The fraction of sp³-hybridized carbons (Fsp3) is 0.562. The molecule has 1 rings (SSSR count). The fourth-order valence-electron chi connectivity index (χ4n) is 1.63. The minimum atomic E-state index is 0.0308. The van der Waals surface area contributed by atoms with Crippen molar-refractivity contribution in [1.82, 2.24) is 5.32 Å². The number of rotatable bonds is 6. The summed E-state index contributed by atoms with van der Waals surface area (Å²) in [5, 5.41) is 3.48. The smallest absolute Gasteiger partial charge is 0.252 e. The lowest BCUT2D eigenvalue weighted by atomic mass is 10.2. The number of carbonyl (C=O) groups is 1. The first-order chi connectivity index (χ1) is 9.29. The lowest BCUT2D eigenvalue weighted by Gasteiger charge is -2.17. The number of thioether (sulfide) groups is 2. The number of hydrogen-bond acceptors (Lipinski definition) is 3. The quantitative estimate of drug-likeness (QED) is 0.621. The molecule has 0 saturated carbocycles. The zero-order valence-corrected chi connectivity index (χ0v) is 14.7. The van der Waals surface area contributed by atoms with E-state index in [1.165, 1.54) is 0 Å². The largest absolute Gasteiger partial charge is 0.351 e. The third kappa shape index (κ3) is 6.71. The number of carbonyl (C=O) groups excluding carboxylic acids is 1. The molecular formula is C16H25NOS2. The van der Waals surface area contributed by atoms with Gasteiger partial charge in [-0.1, -0.05) is 46.8 Å². The van der Waals surface area contributed by atoms with Crippen molar-refractivity contribution in [2.45, 2.75) is 49.5 Å². The molecule has 0 bridgehead atoms. The van der Waals surface area contributed by atoms with Gasteiger partial charge < -0.3 is 5.32 Å². The molecule has 0 aliphatic rings. The molecule has 1 N–H and O–H groups in total. The topological polar surface area (TPSA) is 29.1 Å². The zero-order chi connectivity index (χ0) is 15.2. The van der Waals surface area contributed by atoms with E-state index in [1.54, 1.807) is 11.8 Å². The van der Waals surface area contributed by atoms with Gasteiger partial charge in [0.1, 0.15) is 0 Å². The van der Waals surface area contributed by atoms with E-state index in [4.69, 9.17) is 0 Å². The lowest BCUT2D eigenvalue weighted by Crippen LogP contribution is -2.27. The van der Waals surface area contributed by atoms with Gasteiger partial charge in [-0.2, -0.15) is 11.8 Å². The van der Waals surface area contributed by atoms with E-state index in [-0.39, 0.29) is 10.7 Å². The van der Waals surface area contributed by atoms with Crippen molar-refractivity contribution in [2.24, 2.45) is 0 Å². The molecule has 112 valence electrons. The first-order valence-corrected chi connectivity index (χ1v) is 8.84. The summed E-state index contributed by atoms with van der Waals surface area (Å²) in [7, 11) is 0. The van der Waals surface area contributed by atoms with Crippen LogP contribution in [0, 0.1) is 0 Å². The molecule has 0 unspecified atom stereocenters. The predicted molar refractivity (Wildman–Crippen MR) is 92.0 cm³/mol. The molecule has 0 spiro atoms. The van der Waals surface area contributed by atoms with Gasteiger partial charge in [-0.05, 0) is 12.1 Å². The highest BCUT2D eigenvalue weighted by Crippen LogP contribution is 2.26. The van der Waals surface area contributed by atoms with Crippen molar-refractivity contribution in [3.63, 3.8) is 0 Å². The van der Waals surface area contributed by atoms with Crippen molar-refractivity contribution >= 4 is 29.4 Å². The van der Waals surface area contributed by atoms with Gasteiger partial charge in [0, 0.05) is 27.2 Å². The number of benzene rings is 1. The zero-order valence-electron chi connectivity index (χ0n) is 13.0. The van der Waals surface area contributed by atoms with Gasteiger partial charge in [-0.15, -0.1) is 11.8 Å². The summed E-state index contributed by atoms with van der Waals surface area (Å²) in [4.78, 5) is 13.3. The average Bonchev–Trinajstić information content (AvgIpc) is 2.33. The molecule has 0 atom stereocenters. The Morgan fingerprint density at radius 2 is 1.90 bits per heavy atom. The highest BCUT2D eigenvalue weighted by molar-refractivity contribution is 8.00. The summed E-state index contributed by atoms with van der Waals surface area (Å²) < 4.78 is 0.246. The molecule has 0 heterocycles. The number of hydrogen-bond donors (Lipinski definition) is 1. The molecule has 0 saturated heterocycles. The highest BCUT2D eigenvalue weighted by Gasteiger charge is 2.13. The van der Waals surface area contributed by atoms with Crippen LogP contribution in [0.4, 0.5) is 0 Å². The van der Waals surface area contributed by atoms with Gasteiger partial charge in [0.2, 0.25) is 0 Å². The van der Waals surface area contributed by atoms with Crippen molar-refractivity contribution < 1.29 is 4.79 Å². The Kier molecular flexibility index (Phi) is 6.96. The van der Waals surface area contributed by atoms with Gasteiger partial charge >= 0.3 is 0 Å². The molecule has 1 aromatic carbocycles. The van der Waals surface area contributed by atoms with E-state index in [1.807, 2.05) is 36.0 Å². The van der Waals surface area contributed by atoms with Gasteiger partial charge in [0.15, 0.2) is 0 Å². The second kappa shape index (κ2) is 7.99. The van der Waals surface area contributed by atoms with Crippen LogP contribution >= 0.6 is 23.5 Å². The van der Waals surface area contributed by atoms with E-state index >= 15 is 0 Å².